The standard InChI is InChI=1S/C17H18N2O3S/c1-5-22-17(21)14-15-11(3)6-10(2)8-19(15)13(7-18)16(14)23-9-12(4)20/h6,8H,5,9H2,1-4H3. The van der Waals surface area contributed by atoms with Gasteiger partial charge in [-0.2, -0.15) is 5.26 Å². The van der Waals surface area contributed by atoms with E-state index in [1.54, 1.807) is 11.3 Å². The molecule has 6 heteroatoms. The molecule has 2 aromatic rings. The Morgan fingerprint density at radius 1 is 1.39 bits per heavy atom. The summed E-state index contributed by atoms with van der Waals surface area (Å²) in [7, 11) is 0. The van der Waals surface area contributed by atoms with E-state index in [1.165, 1.54) is 18.7 Å². The van der Waals surface area contributed by atoms with Gasteiger partial charge in [0.15, 0.2) is 0 Å². The Balaban J connectivity index is 2.81. The fourth-order valence-corrected chi connectivity index (χ4v) is 3.50. The molecule has 2 rings (SSSR count). The molecule has 0 atom stereocenters. The van der Waals surface area contributed by atoms with E-state index < -0.39 is 5.97 Å². The Bertz CT molecular complexity index is 831. The van der Waals surface area contributed by atoms with Gasteiger partial charge in [-0.1, -0.05) is 6.07 Å². The maximum absolute atomic E-state index is 12.4. The van der Waals surface area contributed by atoms with Crippen molar-refractivity contribution in [3.63, 3.8) is 0 Å². The van der Waals surface area contributed by atoms with Gasteiger partial charge >= 0.3 is 5.97 Å². The monoisotopic (exact) mass is 330 g/mol. The van der Waals surface area contributed by atoms with Crippen LogP contribution in [0.15, 0.2) is 17.2 Å². The number of nitriles is 1. The zero-order valence-corrected chi connectivity index (χ0v) is 14.4. The van der Waals surface area contributed by atoms with Crippen molar-refractivity contribution >= 4 is 29.0 Å². The number of aryl methyl sites for hydroxylation is 2. The van der Waals surface area contributed by atoms with Crippen LogP contribution in [-0.4, -0.2) is 28.5 Å². The molecular formula is C17H18N2O3S. The third kappa shape index (κ3) is 3.25. The van der Waals surface area contributed by atoms with Gasteiger partial charge in [-0.25, -0.2) is 4.79 Å². The Kier molecular flexibility index (Phi) is 5.12. The molecule has 0 aliphatic rings. The van der Waals surface area contributed by atoms with Crippen molar-refractivity contribution in [3.05, 3.63) is 34.6 Å². The molecule has 0 aromatic carbocycles. The van der Waals surface area contributed by atoms with Gasteiger partial charge in [0.1, 0.15) is 23.1 Å². The normalized spacial score (nSPS) is 10.6. The van der Waals surface area contributed by atoms with Gasteiger partial charge in [0.05, 0.1) is 22.8 Å². The summed E-state index contributed by atoms with van der Waals surface area (Å²) in [5.41, 5.74) is 3.27. The molecule has 5 nitrogen and oxygen atoms in total. The number of ketones is 1. The number of hydrogen-bond donors (Lipinski definition) is 0. The summed E-state index contributed by atoms with van der Waals surface area (Å²) < 4.78 is 6.89. The number of ether oxygens (including phenoxy) is 1. The minimum absolute atomic E-state index is 0.0168. The van der Waals surface area contributed by atoms with Crippen LogP contribution in [0.25, 0.3) is 5.52 Å². The highest BCUT2D eigenvalue weighted by molar-refractivity contribution is 8.00. The van der Waals surface area contributed by atoms with Crippen molar-refractivity contribution in [1.29, 1.82) is 5.26 Å². The average molecular weight is 330 g/mol. The third-order valence-corrected chi connectivity index (χ3v) is 4.55. The fraction of sp³-hybridized carbons (Fsp3) is 0.353. The molecule has 2 aromatic heterocycles. The number of fused-ring (bicyclic) bond motifs is 1. The zero-order valence-electron chi connectivity index (χ0n) is 13.6. The second-order valence-electron chi connectivity index (χ2n) is 5.29. The summed E-state index contributed by atoms with van der Waals surface area (Å²) in [6.45, 7) is 7.29. The van der Waals surface area contributed by atoms with Gasteiger partial charge in [-0.3, -0.25) is 4.79 Å². The Morgan fingerprint density at radius 3 is 2.65 bits per heavy atom. The van der Waals surface area contributed by atoms with E-state index in [0.29, 0.717) is 21.7 Å². The first-order valence-electron chi connectivity index (χ1n) is 7.25. The van der Waals surface area contributed by atoms with Crippen molar-refractivity contribution in [2.75, 3.05) is 12.4 Å². The highest BCUT2D eigenvalue weighted by Gasteiger charge is 2.26. The molecule has 0 spiro atoms. The van der Waals surface area contributed by atoms with Crippen molar-refractivity contribution in [1.82, 2.24) is 4.40 Å². The lowest BCUT2D eigenvalue weighted by Gasteiger charge is -2.06. The predicted molar refractivity (Wildman–Crippen MR) is 88.9 cm³/mol. The van der Waals surface area contributed by atoms with Gasteiger partial charge in [-0.15, -0.1) is 11.8 Å². The van der Waals surface area contributed by atoms with E-state index in [-0.39, 0.29) is 18.1 Å². The number of thioether (sulfide) groups is 1. The predicted octanol–water partition coefficient (Wildman–Crippen LogP) is 3.29. The third-order valence-electron chi connectivity index (χ3n) is 3.32. The summed E-state index contributed by atoms with van der Waals surface area (Å²) in [4.78, 5) is 24.3. The zero-order chi connectivity index (χ0) is 17.1. The quantitative estimate of drug-likeness (QED) is 0.621. The number of rotatable bonds is 5. The number of nitrogens with zero attached hydrogens (tertiary/aromatic N) is 2. The lowest BCUT2D eigenvalue weighted by atomic mass is 10.1. The number of hydrogen-bond acceptors (Lipinski definition) is 5. The van der Waals surface area contributed by atoms with Crippen LogP contribution in [0, 0.1) is 25.2 Å². The van der Waals surface area contributed by atoms with Crippen molar-refractivity contribution in [3.8, 4) is 6.07 Å². The van der Waals surface area contributed by atoms with Crippen LogP contribution in [0.1, 0.15) is 41.0 Å². The van der Waals surface area contributed by atoms with Crippen molar-refractivity contribution in [2.24, 2.45) is 0 Å². The summed E-state index contributed by atoms with van der Waals surface area (Å²) in [5.74, 6) is -0.280. The topological polar surface area (TPSA) is 71.6 Å². The highest BCUT2D eigenvalue weighted by atomic mass is 32.2. The molecule has 0 amide bonds. The maximum atomic E-state index is 12.4. The van der Waals surface area contributed by atoms with Gasteiger partial charge in [0.25, 0.3) is 0 Å². The number of carbonyl (C=O) groups excluding carboxylic acids is 2. The van der Waals surface area contributed by atoms with Crippen LogP contribution in [0.4, 0.5) is 0 Å². The summed E-state index contributed by atoms with van der Waals surface area (Å²) in [6.07, 6.45) is 1.82. The molecular weight excluding hydrogens is 312 g/mol. The number of esters is 1. The minimum Gasteiger partial charge on any atom is -0.462 e. The fourth-order valence-electron chi connectivity index (χ4n) is 2.55. The molecule has 2 heterocycles. The molecule has 0 fully saturated rings. The van der Waals surface area contributed by atoms with Crippen LogP contribution >= 0.6 is 11.8 Å². The highest BCUT2D eigenvalue weighted by Crippen LogP contribution is 2.35. The minimum atomic E-state index is -0.468. The average Bonchev–Trinajstić information content (AvgIpc) is 2.78. The SMILES string of the molecule is CCOC(=O)c1c(SCC(C)=O)c(C#N)n2cc(C)cc(C)c12. The Labute approximate surface area is 139 Å². The smallest absolute Gasteiger partial charge is 0.341 e. The van der Waals surface area contributed by atoms with E-state index >= 15 is 0 Å². The molecule has 0 saturated carbocycles. The molecule has 0 radical (unpaired) electrons. The largest absolute Gasteiger partial charge is 0.462 e. The molecule has 0 aliphatic carbocycles. The Morgan fingerprint density at radius 2 is 2.09 bits per heavy atom. The van der Waals surface area contributed by atoms with Crippen molar-refractivity contribution < 1.29 is 14.3 Å². The molecule has 0 saturated heterocycles. The summed E-state index contributed by atoms with van der Waals surface area (Å²) in [5, 5.41) is 9.57. The van der Waals surface area contributed by atoms with Crippen LogP contribution < -0.4 is 0 Å². The Hall–Kier alpha value is -2.26. The van der Waals surface area contributed by atoms with Crippen LogP contribution in [0.2, 0.25) is 0 Å². The van der Waals surface area contributed by atoms with Crippen molar-refractivity contribution in [2.45, 2.75) is 32.6 Å². The number of carbonyl (C=O) groups is 2. The molecule has 0 N–H and O–H groups in total. The van der Waals surface area contributed by atoms with Crippen LogP contribution in [-0.2, 0) is 9.53 Å². The molecule has 0 aliphatic heterocycles. The van der Waals surface area contributed by atoms with Gasteiger partial charge in [0.2, 0.25) is 0 Å². The number of aromatic nitrogens is 1. The first kappa shape index (κ1) is 17.1. The molecule has 23 heavy (non-hydrogen) atoms. The van der Waals surface area contributed by atoms with Crippen LogP contribution in [0.3, 0.4) is 0 Å². The second-order valence-corrected chi connectivity index (χ2v) is 6.28. The van der Waals surface area contributed by atoms with Gasteiger partial charge in [-0.05, 0) is 38.8 Å². The lowest BCUT2D eigenvalue weighted by Crippen LogP contribution is -2.06. The molecule has 120 valence electrons. The first-order chi connectivity index (χ1) is 10.9. The lowest BCUT2D eigenvalue weighted by molar-refractivity contribution is -0.114. The molecule has 0 unspecified atom stereocenters. The maximum Gasteiger partial charge on any atom is 0.341 e. The van der Waals surface area contributed by atoms with Gasteiger partial charge < -0.3 is 9.14 Å². The second kappa shape index (κ2) is 6.88. The number of pyridine rings is 1. The van der Waals surface area contributed by atoms with E-state index in [9.17, 15) is 14.9 Å². The van der Waals surface area contributed by atoms with Crippen LogP contribution in [0.5, 0.6) is 0 Å². The van der Waals surface area contributed by atoms with E-state index in [0.717, 1.165) is 11.1 Å². The number of Topliss-reactive ketones (excluding diaryl/α,β-unsaturated/α-hetero) is 1. The van der Waals surface area contributed by atoms with E-state index in [4.69, 9.17) is 4.74 Å². The van der Waals surface area contributed by atoms with E-state index in [2.05, 4.69) is 6.07 Å². The summed E-state index contributed by atoms with van der Waals surface area (Å²) in [6, 6.07) is 4.11. The van der Waals surface area contributed by atoms with E-state index in [1.807, 2.05) is 26.1 Å². The first-order valence-corrected chi connectivity index (χ1v) is 8.24. The van der Waals surface area contributed by atoms with Gasteiger partial charge in [0, 0.05) is 6.20 Å². The molecule has 0 bridgehead atoms. The summed E-state index contributed by atoms with van der Waals surface area (Å²) >= 11 is 1.21.